The Morgan fingerprint density at radius 3 is 2.65 bits per heavy atom. The molecule has 3 heterocycles. The van der Waals surface area contributed by atoms with Gasteiger partial charge in [0.1, 0.15) is 6.61 Å². The molecule has 2 amide bonds. The highest BCUT2D eigenvalue weighted by Gasteiger charge is 2.50. The van der Waals surface area contributed by atoms with Gasteiger partial charge in [-0.05, 0) is 38.0 Å². The van der Waals surface area contributed by atoms with Crippen LogP contribution in [0.15, 0.2) is 12.1 Å². The number of hydrogen-bond acceptors (Lipinski definition) is 4. The SMILES string of the molecule is CCC12COC(=O)N1CCN(C(=O)Cc1cc(C)nc(C)c1)C2. The Hall–Kier alpha value is -2.11. The number of hydrogen-bond donors (Lipinski definition) is 0. The van der Waals surface area contributed by atoms with Crippen LogP contribution in [0.4, 0.5) is 4.79 Å². The number of piperazine rings is 1. The molecule has 0 aliphatic carbocycles. The van der Waals surface area contributed by atoms with Crippen molar-refractivity contribution in [2.75, 3.05) is 26.2 Å². The molecular formula is C17H23N3O3. The van der Waals surface area contributed by atoms with Crippen molar-refractivity contribution in [1.29, 1.82) is 0 Å². The standard InChI is InChI=1S/C17H23N3O3/c1-4-17-10-19(5-6-20(17)16(22)23-11-17)15(21)9-14-7-12(2)18-13(3)8-14/h7-8H,4-6,9-11H2,1-3H3. The highest BCUT2D eigenvalue weighted by atomic mass is 16.6. The van der Waals surface area contributed by atoms with Crippen molar-refractivity contribution in [2.24, 2.45) is 0 Å². The first-order valence-electron chi connectivity index (χ1n) is 8.10. The third-order valence-electron chi connectivity index (χ3n) is 4.84. The van der Waals surface area contributed by atoms with Gasteiger partial charge in [0.15, 0.2) is 0 Å². The quantitative estimate of drug-likeness (QED) is 0.851. The predicted octanol–water partition coefficient (Wildman–Crippen LogP) is 1.68. The maximum atomic E-state index is 12.7. The van der Waals surface area contributed by atoms with Gasteiger partial charge in [-0.25, -0.2) is 4.79 Å². The second kappa shape index (κ2) is 5.83. The Bertz CT molecular complexity index is 626. The van der Waals surface area contributed by atoms with Gasteiger partial charge >= 0.3 is 6.09 Å². The zero-order chi connectivity index (χ0) is 16.6. The third kappa shape index (κ3) is 2.90. The van der Waals surface area contributed by atoms with E-state index in [0.29, 0.717) is 32.7 Å². The maximum absolute atomic E-state index is 12.7. The zero-order valence-electron chi connectivity index (χ0n) is 14.0. The fourth-order valence-corrected chi connectivity index (χ4v) is 3.59. The van der Waals surface area contributed by atoms with Crippen LogP contribution in [0, 0.1) is 13.8 Å². The molecule has 0 spiro atoms. The highest BCUT2D eigenvalue weighted by molar-refractivity contribution is 5.80. The molecular weight excluding hydrogens is 294 g/mol. The van der Waals surface area contributed by atoms with Crippen molar-refractivity contribution in [3.05, 3.63) is 29.1 Å². The average Bonchev–Trinajstić information content (AvgIpc) is 2.83. The first kappa shape index (κ1) is 15.8. The van der Waals surface area contributed by atoms with Gasteiger partial charge in [-0.2, -0.15) is 0 Å². The number of cyclic esters (lactones) is 1. The molecule has 124 valence electrons. The lowest BCUT2D eigenvalue weighted by Crippen LogP contribution is -2.62. The molecule has 6 heteroatoms. The van der Waals surface area contributed by atoms with Crippen LogP contribution in [-0.2, 0) is 16.0 Å². The minimum Gasteiger partial charge on any atom is -0.447 e. The molecule has 1 unspecified atom stereocenters. The number of pyridine rings is 1. The number of amides is 2. The molecule has 3 rings (SSSR count). The van der Waals surface area contributed by atoms with Crippen molar-refractivity contribution >= 4 is 12.0 Å². The van der Waals surface area contributed by atoms with Crippen LogP contribution in [0.25, 0.3) is 0 Å². The van der Waals surface area contributed by atoms with E-state index >= 15 is 0 Å². The summed E-state index contributed by atoms with van der Waals surface area (Å²) >= 11 is 0. The smallest absolute Gasteiger partial charge is 0.410 e. The summed E-state index contributed by atoms with van der Waals surface area (Å²) in [6, 6.07) is 3.91. The lowest BCUT2D eigenvalue weighted by Gasteiger charge is -2.44. The molecule has 2 aliphatic heterocycles. The Morgan fingerprint density at radius 2 is 2.00 bits per heavy atom. The predicted molar refractivity (Wildman–Crippen MR) is 85.1 cm³/mol. The number of nitrogens with zero attached hydrogens (tertiary/aromatic N) is 3. The monoisotopic (exact) mass is 317 g/mol. The first-order valence-corrected chi connectivity index (χ1v) is 8.10. The minimum absolute atomic E-state index is 0.0989. The lowest BCUT2D eigenvalue weighted by atomic mass is 9.92. The van der Waals surface area contributed by atoms with Crippen LogP contribution in [-0.4, -0.2) is 58.6 Å². The summed E-state index contributed by atoms with van der Waals surface area (Å²) < 4.78 is 5.21. The molecule has 1 aromatic heterocycles. The number of rotatable bonds is 3. The van der Waals surface area contributed by atoms with Crippen molar-refractivity contribution in [3.63, 3.8) is 0 Å². The van der Waals surface area contributed by atoms with Crippen LogP contribution in [0.2, 0.25) is 0 Å². The summed E-state index contributed by atoms with van der Waals surface area (Å²) in [4.78, 5) is 32.5. The van der Waals surface area contributed by atoms with Crippen LogP contribution in [0.5, 0.6) is 0 Å². The van der Waals surface area contributed by atoms with Gasteiger partial charge in [-0.1, -0.05) is 6.92 Å². The molecule has 1 aromatic rings. The molecule has 0 saturated carbocycles. The van der Waals surface area contributed by atoms with E-state index in [1.54, 1.807) is 4.90 Å². The number of aryl methyl sites for hydroxylation is 2. The van der Waals surface area contributed by atoms with Crippen molar-refractivity contribution < 1.29 is 14.3 Å². The van der Waals surface area contributed by atoms with Gasteiger partial charge in [0, 0.05) is 31.0 Å². The number of carbonyl (C=O) groups excluding carboxylic acids is 2. The van der Waals surface area contributed by atoms with Gasteiger partial charge in [0.25, 0.3) is 0 Å². The molecule has 23 heavy (non-hydrogen) atoms. The van der Waals surface area contributed by atoms with Gasteiger partial charge in [-0.3, -0.25) is 14.7 Å². The Kier molecular flexibility index (Phi) is 4.00. The van der Waals surface area contributed by atoms with Gasteiger partial charge in [0.05, 0.1) is 12.0 Å². The number of carbonyl (C=O) groups is 2. The number of aromatic nitrogens is 1. The van der Waals surface area contributed by atoms with E-state index in [1.807, 2.05) is 37.8 Å². The summed E-state index contributed by atoms with van der Waals surface area (Å²) in [7, 11) is 0. The van der Waals surface area contributed by atoms with Crippen LogP contribution < -0.4 is 0 Å². The third-order valence-corrected chi connectivity index (χ3v) is 4.84. The Labute approximate surface area is 136 Å². The van der Waals surface area contributed by atoms with E-state index in [-0.39, 0.29) is 17.5 Å². The Balaban J connectivity index is 1.72. The minimum atomic E-state index is -0.352. The summed E-state index contributed by atoms with van der Waals surface area (Å²) in [5.41, 5.74) is 2.50. The van der Waals surface area contributed by atoms with Gasteiger partial charge < -0.3 is 9.64 Å². The summed E-state index contributed by atoms with van der Waals surface area (Å²) in [6.07, 6.45) is 0.911. The van der Waals surface area contributed by atoms with Crippen molar-refractivity contribution in [3.8, 4) is 0 Å². The molecule has 0 aromatic carbocycles. The fraction of sp³-hybridized carbons (Fsp3) is 0.588. The summed E-state index contributed by atoms with van der Waals surface area (Å²) in [5, 5.41) is 0. The van der Waals surface area contributed by atoms with E-state index in [0.717, 1.165) is 23.4 Å². The zero-order valence-corrected chi connectivity index (χ0v) is 14.0. The molecule has 0 bridgehead atoms. The largest absolute Gasteiger partial charge is 0.447 e. The van der Waals surface area contributed by atoms with Crippen LogP contribution in [0.1, 0.15) is 30.3 Å². The lowest BCUT2D eigenvalue weighted by molar-refractivity contribution is -0.134. The molecule has 0 N–H and O–H groups in total. The van der Waals surface area contributed by atoms with E-state index in [9.17, 15) is 9.59 Å². The maximum Gasteiger partial charge on any atom is 0.410 e. The van der Waals surface area contributed by atoms with E-state index < -0.39 is 0 Å². The van der Waals surface area contributed by atoms with Crippen LogP contribution >= 0.6 is 0 Å². The molecule has 6 nitrogen and oxygen atoms in total. The van der Waals surface area contributed by atoms with E-state index in [1.165, 1.54) is 0 Å². The van der Waals surface area contributed by atoms with Gasteiger partial charge in [-0.15, -0.1) is 0 Å². The topological polar surface area (TPSA) is 62.7 Å². The summed E-state index contributed by atoms with van der Waals surface area (Å²) in [5.74, 6) is 0.0989. The number of ether oxygens (including phenoxy) is 1. The van der Waals surface area contributed by atoms with Gasteiger partial charge in [0.2, 0.25) is 5.91 Å². The van der Waals surface area contributed by atoms with E-state index in [2.05, 4.69) is 4.98 Å². The van der Waals surface area contributed by atoms with Crippen molar-refractivity contribution in [1.82, 2.24) is 14.8 Å². The second-order valence-electron chi connectivity index (χ2n) is 6.53. The van der Waals surface area contributed by atoms with E-state index in [4.69, 9.17) is 4.74 Å². The number of fused-ring (bicyclic) bond motifs is 1. The van der Waals surface area contributed by atoms with Crippen LogP contribution in [0.3, 0.4) is 0 Å². The first-order chi connectivity index (χ1) is 10.9. The summed E-state index contributed by atoms with van der Waals surface area (Å²) in [6.45, 7) is 7.96. The normalized spacial score (nSPS) is 23.7. The molecule has 2 aliphatic rings. The fourth-order valence-electron chi connectivity index (χ4n) is 3.59. The molecule has 2 fully saturated rings. The second-order valence-corrected chi connectivity index (χ2v) is 6.53. The molecule has 1 atom stereocenters. The molecule has 2 saturated heterocycles. The average molecular weight is 317 g/mol. The molecule has 0 radical (unpaired) electrons. The highest BCUT2D eigenvalue weighted by Crippen LogP contribution is 2.31. The Morgan fingerprint density at radius 1 is 1.30 bits per heavy atom. The van der Waals surface area contributed by atoms with Crippen molar-refractivity contribution in [2.45, 2.75) is 39.2 Å².